The van der Waals surface area contributed by atoms with Gasteiger partial charge in [-0.2, -0.15) is 0 Å². The summed E-state index contributed by atoms with van der Waals surface area (Å²) in [6, 6.07) is 5.35. The molecular formula is C27H47N4O11+. The van der Waals surface area contributed by atoms with E-state index in [-0.39, 0.29) is 13.1 Å². The second-order valence-corrected chi connectivity index (χ2v) is 10.4. The second-order valence-electron chi connectivity index (χ2n) is 10.4. The summed E-state index contributed by atoms with van der Waals surface area (Å²) in [7, 11) is 0. The van der Waals surface area contributed by atoms with Crippen LogP contribution >= 0.6 is 0 Å². The summed E-state index contributed by atoms with van der Waals surface area (Å²) in [4.78, 5) is 14.3. The van der Waals surface area contributed by atoms with Crippen molar-refractivity contribution < 1.29 is 60.4 Å². The lowest BCUT2D eigenvalue weighted by atomic mass is 10.0. The topological polar surface area (TPSA) is 243 Å². The zero-order valence-electron chi connectivity index (χ0n) is 24.2. The van der Waals surface area contributed by atoms with Crippen LogP contribution in [0.4, 0.5) is 0 Å². The van der Waals surface area contributed by atoms with Gasteiger partial charge in [0.25, 0.3) is 11.7 Å². The van der Waals surface area contributed by atoms with E-state index in [0.29, 0.717) is 12.1 Å². The predicted octanol–water partition coefficient (Wildman–Crippen LogP) is -4.82. The van der Waals surface area contributed by atoms with Gasteiger partial charge >= 0.3 is 0 Å². The third-order valence-corrected chi connectivity index (χ3v) is 7.49. The van der Waals surface area contributed by atoms with Crippen molar-refractivity contribution in [2.24, 2.45) is 0 Å². The highest BCUT2D eigenvalue weighted by Gasteiger charge is 2.34. The number of nitrogens with one attached hydrogen (secondary N) is 1. The molecule has 2 aromatic rings. The van der Waals surface area contributed by atoms with E-state index in [1.54, 1.807) is 12.1 Å². The van der Waals surface area contributed by atoms with Gasteiger partial charge in [-0.05, 0) is 26.0 Å². The van der Waals surface area contributed by atoms with Gasteiger partial charge in [-0.1, -0.05) is 0 Å². The number of benzene rings is 1. The second kappa shape index (κ2) is 16.5. The lowest BCUT2D eigenvalue weighted by molar-refractivity contribution is -0.674. The minimum absolute atomic E-state index is 0.0189. The third-order valence-electron chi connectivity index (χ3n) is 7.49. The predicted molar refractivity (Wildman–Crippen MR) is 149 cm³/mol. The van der Waals surface area contributed by atoms with Crippen LogP contribution in [0.15, 0.2) is 18.2 Å². The van der Waals surface area contributed by atoms with Crippen LogP contribution in [0.3, 0.4) is 0 Å². The molecule has 2 rings (SSSR count). The fourth-order valence-corrected chi connectivity index (χ4v) is 4.96. The van der Waals surface area contributed by atoms with E-state index in [9.17, 15) is 45.6 Å². The van der Waals surface area contributed by atoms with Gasteiger partial charge in [-0.25, -0.2) is 9.13 Å². The fourth-order valence-electron chi connectivity index (χ4n) is 4.96. The Bertz CT molecular complexity index is 1100. The van der Waals surface area contributed by atoms with Gasteiger partial charge in [-0.3, -0.25) is 9.69 Å². The summed E-state index contributed by atoms with van der Waals surface area (Å²) in [6.07, 6.45) is -14.4. The van der Waals surface area contributed by atoms with E-state index in [0.717, 1.165) is 23.4 Å². The highest BCUT2D eigenvalue weighted by Crippen LogP contribution is 2.17. The molecule has 0 aliphatic rings. The number of imidazole rings is 1. The van der Waals surface area contributed by atoms with E-state index >= 15 is 0 Å². The molecule has 1 aromatic heterocycles. The number of fused-ring (bicyclic) bond motifs is 1. The first-order valence-electron chi connectivity index (χ1n) is 14.0. The monoisotopic (exact) mass is 603 g/mol. The summed E-state index contributed by atoms with van der Waals surface area (Å²) in [5.41, 5.74) is 2.28. The summed E-state index contributed by atoms with van der Waals surface area (Å²) < 4.78 is 4.24. The molecule has 240 valence electrons. The van der Waals surface area contributed by atoms with Gasteiger partial charge in [0.15, 0.2) is 11.0 Å². The Morgan fingerprint density at radius 3 is 1.81 bits per heavy atom. The molecule has 1 aromatic carbocycles. The van der Waals surface area contributed by atoms with Crippen molar-refractivity contribution in [1.82, 2.24) is 14.8 Å². The van der Waals surface area contributed by atoms with Crippen molar-refractivity contribution in [3.05, 3.63) is 29.6 Å². The largest absolute Gasteiger partial charge is 0.394 e. The number of nitrogens with zero attached hydrogens (tertiary/aromatic N) is 3. The maximum Gasteiger partial charge on any atom is 0.254 e. The van der Waals surface area contributed by atoms with E-state index in [1.165, 1.54) is 4.90 Å². The Balaban J connectivity index is 2.16. The van der Waals surface area contributed by atoms with Gasteiger partial charge < -0.3 is 56.4 Å². The summed E-state index contributed by atoms with van der Waals surface area (Å²) in [6.45, 7) is 4.87. The van der Waals surface area contributed by atoms with Crippen molar-refractivity contribution in [3.8, 4) is 0 Å². The number of amides is 1. The molecule has 0 unspecified atom stereocenters. The van der Waals surface area contributed by atoms with Crippen molar-refractivity contribution in [3.63, 3.8) is 0 Å². The van der Waals surface area contributed by atoms with E-state index < -0.39 is 81.0 Å². The van der Waals surface area contributed by atoms with Crippen molar-refractivity contribution in [1.29, 1.82) is 0 Å². The van der Waals surface area contributed by atoms with Crippen LogP contribution in [0.5, 0.6) is 0 Å². The molecule has 0 fully saturated rings. The van der Waals surface area contributed by atoms with Gasteiger partial charge in [-0.15, -0.1) is 0 Å². The number of aliphatic hydroxyl groups is 10. The summed E-state index contributed by atoms with van der Waals surface area (Å²) >= 11 is 0. The van der Waals surface area contributed by atoms with Crippen LogP contribution in [0.2, 0.25) is 0 Å². The number of hydrogen-bond acceptors (Lipinski definition) is 12. The van der Waals surface area contributed by atoms with Gasteiger partial charge in [0, 0.05) is 44.7 Å². The molecule has 0 aliphatic heterocycles. The molecule has 11 N–H and O–H groups in total. The maximum atomic E-state index is 13.0. The number of aliphatic hydroxyl groups excluding tert-OH is 10. The van der Waals surface area contributed by atoms with Crippen LogP contribution in [-0.4, -0.2) is 155 Å². The number of carbonyl (C=O) groups excluding carboxylic acids is 1. The minimum atomic E-state index is -1.90. The quantitative estimate of drug-likeness (QED) is 0.0719. The molecule has 0 radical (unpaired) electrons. The van der Waals surface area contributed by atoms with Crippen LogP contribution in [0, 0.1) is 6.92 Å². The number of rotatable bonds is 18. The summed E-state index contributed by atoms with van der Waals surface area (Å²) in [5.74, 6) is 0.656. The molecule has 1 heterocycles. The number of aryl methyl sites for hydroxylation is 2. The molecule has 1 amide bonds. The summed E-state index contributed by atoms with van der Waals surface area (Å²) in [5, 5.41) is 101. The SMILES string of the molecule is CCn1c(C)[n+](CC)c2ccc(C(=O)NCCN(C[C@H](O)[C@@H](O)[C@H](O)[C@H](O)CO)C[C@H](O)[C@@H](O)[C@H](O)[C@H](O)CO)cc21. The Kier molecular flexibility index (Phi) is 14.1. The Labute approximate surface area is 244 Å². The van der Waals surface area contributed by atoms with Crippen LogP contribution in [0.25, 0.3) is 11.0 Å². The average molecular weight is 604 g/mol. The zero-order chi connectivity index (χ0) is 31.7. The standard InChI is InChI=1S/C27H46N4O11/c1-4-30-15(3)31(5-2)18-10-16(6-7-17(18)30)27(42)28-8-9-29(11-19(34)23(38)25(40)21(36)13-32)12-20(35)24(39)26(41)22(37)14-33/h6-7,10,19-26,32-41H,4-5,8-9,11-14H2,1-3H3/p+1/t19-,20-,21+,22+,23+,24+,25+,26+/m0/s1. The van der Waals surface area contributed by atoms with Crippen LogP contribution in [0.1, 0.15) is 30.0 Å². The number of aromatic nitrogens is 2. The van der Waals surface area contributed by atoms with Crippen molar-refractivity contribution in [2.75, 3.05) is 39.4 Å². The molecule has 8 atom stereocenters. The van der Waals surface area contributed by atoms with Crippen LogP contribution < -0.4 is 9.88 Å². The minimum Gasteiger partial charge on any atom is -0.394 e. The highest BCUT2D eigenvalue weighted by atomic mass is 16.4. The molecule has 0 bridgehead atoms. The molecule has 0 saturated heterocycles. The fraction of sp³-hybridized carbons (Fsp3) is 0.704. The smallest absolute Gasteiger partial charge is 0.254 e. The van der Waals surface area contributed by atoms with Crippen molar-refractivity contribution in [2.45, 2.75) is 82.7 Å². The molecule has 42 heavy (non-hydrogen) atoms. The van der Waals surface area contributed by atoms with E-state index in [1.807, 2.05) is 26.8 Å². The first-order valence-corrected chi connectivity index (χ1v) is 14.0. The number of carbonyl (C=O) groups is 1. The Morgan fingerprint density at radius 2 is 1.36 bits per heavy atom. The first kappa shape index (κ1) is 35.9. The van der Waals surface area contributed by atoms with Crippen molar-refractivity contribution >= 4 is 16.9 Å². The number of hydrogen-bond donors (Lipinski definition) is 11. The third kappa shape index (κ3) is 8.64. The van der Waals surface area contributed by atoms with Gasteiger partial charge in [0.1, 0.15) is 36.6 Å². The Hall–Kier alpha value is -2.28. The molecular weight excluding hydrogens is 556 g/mol. The highest BCUT2D eigenvalue weighted by molar-refractivity contribution is 5.97. The van der Waals surface area contributed by atoms with Gasteiger partial charge in [0.2, 0.25) is 0 Å². The average Bonchev–Trinajstić information content (AvgIpc) is 3.27. The molecule has 15 heteroatoms. The first-order chi connectivity index (χ1) is 19.8. The maximum absolute atomic E-state index is 13.0. The molecule has 15 nitrogen and oxygen atoms in total. The Morgan fingerprint density at radius 1 is 0.857 bits per heavy atom. The zero-order valence-corrected chi connectivity index (χ0v) is 24.2. The normalized spacial score (nSPS) is 18.0. The lowest BCUT2D eigenvalue weighted by Crippen LogP contribution is -2.54. The van der Waals surface area contributed by atoms with E-state index in [4.69, 9.17) is 10.2 Å². The molecule has 0 spiro atoms. The van der Waals surface area contributed by atoms with Gasteiger partial charge in [0.05, 0.1) is 38.5 Å². The van der Waals surface area contributed by atoms with Crippen LogP contribution in [-0.2, 0) is 13.1 Å². The molecule has 0 saturated carbocycles. The lowest BCUT2D eigenvalue weighted by Gasteiger charge is -2.33. The van der Waals surface area contributed by atoms with E-state index in [2.05, 4.69) is 14.5 Å². The molecule has 0 aliphatic carbocycles.